The summed E-state index contributed by atoms with van der Waals surface area (Å²) < 4.78 is 5.51. The van der Waals surface area contributed by atoms with Crippen molar-refractivity contribution in [1.29, 1.82) is 0 Å². The van der Waals surface area contributed by atoms with E-state index in [-0.39, 0.29) is 0 Å². The van der Waals surface area contributed by atoms with Gasteiger partial charge in [0.1, 0.15) is 0 Å². The van der Waals surface area contributed by atoms with E-state index in [9.17, 15) is 0 Å². The summed E-state index contributed by atoms with van der Waals surface area (Å²) in [6.45, 7) is 1.81. The zero-order valence-electron chi connectivity index (χ0n) is 10.5. The maximum Gasteiger partial charge on any atom is 0.249 e. The molecule has 0 radical (unpaired) electrons. The minimum absolute atomic E-state index is 0.579. The van der Waals surface area contributed by atoms with Gasteiger partial charge in [0.15, 0.2) is 0 Å². The molecular formula is C14H17N3O. The molecule has 0 atom stereocenters. The number of para-hydroxylation sites is 1. The van der Waals surface area contributed by atoms with Crippen LogP contribution in [0.15, 0.2) is 28.7 Å². The van der Waals surface area contributed by atoms with Crippen molar-refractivity contribution in [2.45, 2.75) is 38.6 Å². The smallest absolute Gasteiger partial charge is 0.249 e. The number of hydrogen-bond acceptors (Lipinski definition) is 4. The summed E-state index contributed by atoms with van der Waals surface area (Å²) in [6, 6.07) is 8.70. The van der Waals surface area contributed by atoms with Crippen molar-refractivity contribution >= 4 is 5.69 Å². The highest BCUT2D eigenvalue weighted by atomic mass is 16.4. The maximum atomic E-state index is 5.51. The lowest BCUT2D eigenvalue weighted by Crippen LogP contribution is -2.15. The number of hydrogen-bond donors (Lipinski definition) is 1. The number of nitrogens with one attached hydrogen (secondary N) is 1. The van der Waals surface area contributed by atoms with Gasteiger partial charge in [0.25, 0.3) is 0 Å². The molecule has 0 spiro atoms. The van der Waals surface area contributed by atoms with Gasteiger partial charge in [0.2, 0.25) is 11.8 Å². The second kappa shape index (κ2) is 4.80. The summed E-state index contributed by atoms with van der Waals surface area (Å²) >= 11 is 0. The summed E-state index contributed by atoms with van der Waals surface area (Å²) in [5, 5.41) is 11.6. The molecule has 0 saturated heterocycles. The zero-order valence-corrected chi connectivity index (χ0v) is 10.5. The van der Waals surface area contributed by atoms with E-state index in [0.29, 0.717) is 17.8 Å². The van der Waals surface area contributed by atoms with E-state index >= 15 is 0 Å². The highest BCUT2D eigenvalue weighted by Gasteiger charge is 2.17. The molecule has 1 aromatic heterocycles. The van der Waals surface area contributed by atoms with Gasteiger partial charge in [-0.2, -0.15) is 0 Å². The highest BCUT2D eigenvalue weighted by Crippen LogP contribution is 2.30. The third kappa shape index (κ3) is 2.23. The first-order valence-electron chi connectivity index (χ1n) is 6.49. The van der Waals surface area contributed by atoms with Crippen LogP contribution in [-0.2, 0) is 0 Å². The molecule has 0 aliphatic heterocycles. The molecule has 1 aliphatic rings. The lowest BCUT2D eigenvalue weighted by Gasteiger charge is -2.15. The Morgan fingerprint density at radius 2 is 1.94 bits per heavy atom. The van der Waals surface area contributed by atoms with Crippen LogP contribution in [0.5, 0.6) is 0 Å². The van der Waals surface area contributed by atoms with E-state index in [1.807, 2.05) is 25.1 Å². The maximum absolute atomic E-state index is 5.51. The molecule has 1 fully saturated rings. The minimum Gasteiger partial charge on any atom is -0.421 e. The number of nitrogens with zero attached hydrogens (tertiary/aromatic N) is 2. The molecule has 1 N–H and O–H groups in total. The molecule has 2 aromatic rings. The number of rotatable bonds is 3. The van der Waals surface area contributed by atoms with Crippen LogP contribution in [-0.4, -0.2) is 16.2 Å². The van der Waals surface area contributed by atoms with Gasteiger partial charge in [-0.15, -0.1) is 10.2 Å². The Bertz CT molecular complexity index is 529. The standard InChI is InChI=1S/C14H17N3O/c1-10-16-17-14(18-10)12-8-4-5-9-13(12)15-11-6-2-3-7-11/h4-5,8-9,11,15H,2-3,6-7H2,1H3. The van der Waals surface area contributed by atoms with Gasteiger partial charge in [0, 0.05) is 18.7 Å². The Morgan fingerprint density at radius 1 is 1.17 bits per heavy atom. The summed E-state index contributed by atoms with van der Waals surface area (Å²) in [6.07, 6.45) is 5.13. The van der Waals surface area contributed by atoms with E-state index in [1.54, 1.807) is 0 Å². The first-order valence-corrected chi connectivity index (χ1v) is 6.49. The van der Waals surface area contributed by atoms with Gasteiger partial charge < -0.3 is 9.73 Å². The van der Waals surface area contributed by atoms with Crippen molar-refractivity contribution in [3.05, 3.63) is 30.2 Å². The molecule has 1 aromatic carbocycles. The molecule has 1 saturated carbocycles. The van der Waals surface area contributed by atoms with Crippen LogP contribution >= 0.6 is 0 Å². The Hall–Kier alpha value is -1.84. The molecule has 1 heterocycles. The topological polar surface area (TPSA) is 51.0 Å². The predicted molar refractivity (Wildman–Crippen MR) is 70.3 cm³/mol. The Kier molecular flexibility index (Phi) is 3.00. The largest absolute Gasteiger partial charge is 0.421 e. The molecule has 4 nitrogen and oxygen atoms in total. The van der Waals surface area contributed by atoms with Crippen molar-refractivity contribution in [1.82, 2.24) is 10.2 Å². The van der Waals surface area contributed by atoms with Crippen LogP contribution in [0.4, 0.5) is 5.69 Å². The van der Waals surface area contributed by atoms with Crippen LogP contribution in [0.3, 0.4) is 0 Å². The Morgan fingerprint density at radius 3 is 2.67 bits per heavy atom. The summed E-state index contributed by atoms with van der Waals surface area (Å²) in [5.41, 5.74) is 2.08. The molecule has 18 heavy (non-hydrogen) atoms. The van der Waals surface area contributed by atoms with Crippen molar-refractivity contribution in [3.8, 4) is 11.5 Å². The van der Waals surface area contributed by atoms with Gasteiger partial charge in [-0.25, -0.2) is 0 Å². The second-order valence-corrected chi connectivity index (χ2v) is 4.80. The summed E-state index contributed by atoms with van der Waals surface area (Å²) in [5.74, 6) is 1.19. The Balaban J connectivity index is 1.89. The summed E-state index contributed by atoms with van der Waals surface area (Å²) in [4.78, 5) is 0. The van der Waals surface area contributed by atoms with Crippen LogP contribution < -0.4 is 5.32 Å². The molecule has 0 amide bonds. The number of aryl methyl sites for hydroxylation is 1. The van der Waals surface area contributed by atoms with Gasteiger partial charge in [-0.1, -0.05) is 25.0 Å². The molecule has 0 bridgehead atoms. The first-order chi connectivity index (χ1) is 8.83. The second-order valence-electron chi connectivity index (χ2n) is 4.80. The fourth-order valence-corrected chi connectivity index (χ4v) is 2.49. The minimum atomic E-state index is 0.579. The number of benzene rings is 1. The molecular weight excluding hydrogens is 226 g/mol. The van der Waals surface area contributed by atoms with Crippen molar-refractivity contribution in [3.63, 3.8) is 0 Å². The van der Waals surface area contributed by atoms with Gasteiger partial charge in [-0.3, -0.25) is 0 Å². The predicted octanol–water partition coefficient (Wildman–Crippen LogP) is 3.40. The van der Waals surface area contributed by atoms with E-state index in [2.05, 4.69) is 21.6 Å². The molecule has 0 unspecified atom stereocenters. The van der Waals surface area contributed by atoms with Gasteiger partial charge in [0.05, 0.1) is 5.56 Å². The Labute approximate surface area is 106 Å². The van der Waals surface area contributed by atoms with Crippen molar-refractivity contribution in [2.24, 2.45) is 0 Å². The lowest BCUT2D eigenvalue weighted by molar-refractivity contribution is 0.533. The third-order valence-electron chi connectivity index (χ3n) is 3.40. The van der Waals surface area contributed by atoms with Crippen molar-refractivity contribution < 1.29 is 4.42 Å². The number of anilines is 1. The summed E-state index contributed by atoms with van der Waals surface area (Å²) in [7, 11) is 0. The van der Waals surface area contributed by atoms with E-state index in [0.717, 1.165) is 11.3 Å². The average molecular weight is 243 g/mol. The lowest BCUT2D eigenvalue weighted by atomic mass is 10.1. The molecule has 1 aliphatic carbocycles. The fourth-order valence-electron chi connectivity index (χ4n) is 2.49. The van der Waals surface area contributed by atoms with Gasteiger partial charge in [-0.05, 0) is 25.0 Å². The monoisotopic (exact) mass is 243 g/mol. The quantitative estimate of drug-likeness (QED) is 0.897. The fraction of sp³-hybridized carbons (Fsp3) is 0.429. The van der Waals surface area contributed by atoms with Gasteiger partial charge >= 0.3 is 0 Å². The zero-order chi connectivity index (χ0) is 12.4. The first kappa shape index (κ1) is 11.3. The molecule has 4 heteroatoms. The third-order valence-corrected chi connectivity index (χ3v) is 3.40. The van der Waals surface area contributed by atoms with Crippen LogP contribution in [0.1, 0.15) is 31.6 Å². The van der Waals surface area contributed by atoms with E-state index < -0.39 is 0 Å². The number of aromatic nitrogens is 2. The van der Waals surface area contributed by atoms with Crippen molar-refractivity contribution in [2.75, 3.05) is 5.32 Å². The normalized spacial score (nSPS) is 16.1. The molecule has 94 valence electrons. The van der Waals surface area contributed by atoms with E-state index in [4.69, 9.17) is 4.42 Å². The van der Waals surface area contributed by atoms with E-state index in [1.165, 1.54) is 25.7 Å². The highest BCUT2D eigenvalue weighted by molar-refractivity contribution is 5.72. The SMILES string of the molecule is Cc1nnc(-c2ccccc2NC2CCCC2)o1. The molecule has 3 rings (SSSR count). The van der Waals surface area contributed by atoms with Crippen LogP contribution in [0, 0.1) is 6.92 Å². The van der Waals surface area contributed by atoms with Crippen LogP contribution in [0.2, 0.25) is 0 Å². The average Bonchev–Trinajstić information content (AvgIpc) is 3.02. The van der Waals surface area contributed by atoms with Crippen LogP contribution in [0.25, 0.3) is 11.5 Å².